The van der Waals surface area contributed by atoms with Crippen molar-refractivity contribution in [3.05, 3.63) is 141 Å². The van der Waals surface area contributed by atoms with E-state index < -0.39 is 23.8 Å². The zero-order chi connectivity index (χ0) is 36.1. The Hall–Kier alpha value is -5.50. The van der Waals surface area contributed by atoms with E-state index >= 15 is 0 Å². The molecule has 2 aliphatic carbocycles. The van der Waals surface area contributed by atoms with Crippen molar-refractivity contribution in [1.82, 2.24) is 0 Å². The number of esters is 2. The van der Waals surface area contributed by atoms with E-state index in [9.17, 15) is 19.2 Å². The summed E-state index contributed by atoms with van der Waals surface area (Å²) in [5, 5.41) is 0. The second-order valence-electron chi connectivity index (χ2n) is 16.4. The van der Waals surface area contributed by atoms with Gasteiger partial charge in [0.05, 0.1) is 22.5 Å². The van der Waals surface area contributed by atoms with Gasteiger partial charge in [-0.25, -0.2) is 9.59 Å². The van der Waals surface area contributed by atoms with Crippen LogP contribution in [0.1, 0.15) is 76.3 Å². The van der Waals surface area contributed by atoms with Gasteiger partial charge in [-0.05, 0) is 59.1 Å². The quantitative estimate of drug-likeness (QED) is 0.256. The van der Waals surface area contributed by atoms with Gasteiger partial charge in [-0.15, -0.1) is 0 Å². The van der Waals surface area contributed by atoms with Crippen LogP contribution in [0.5, 0.6) is 0 Å². The molecular weight excluding hydrogens is 652 g/mol. The van der Waals surface area contributed by atoms with E-state index in [-0.39, 0.29) is 35.6 Å². The van der Waals surface area contributed by atoms with Crippen LogP contribution >= 0.6 is 0 Å². The van der Waals surface area contributed by atoms with Crippen molar-refractivity contribution >= 4 is 34.9 Å². The number of nitrogens with zero attached hydrogens (tertiary/aromatic N) is 2. The van der Waals surface area contributed by atoms with Gasteiger partial charge in [-0.2, -0.15) is 0 Å². The molecule has 0 saturated carbocycles. The molecule has 2 unspecified atom stereocenters. The van der Waals surface area contributed by atoms with E-state index in [0.29, 0.717) is 48.0 Å². The first-order valence-electron chi connectivity index (χ1n) is 18.1. The number of allylic oxidation sites excluding steroid dienone is 4. The molecule has 4 aliphatic heterocycles. The van der Waals surface area contributed by atoms with Gasteiger partial charge in [0.2, 0.25) is 0 Å². The number of hydrogen-bond acceptors (Lipinski definition) is 8. The minimum atomic E-state index is -0.601. The number of cyclic esters (lactones) is 2. The number of Topliss-reactive ketones (excluding diaryl/α,β-unsaturated/α-hetero) is 2. The maximum Gasteiger partial charge on any atom is 0.337 e. The molecule has 0 bridgehead atoms. The summed E-state index contributed by atoms with van der Waals surface area (Å²) in [6.45, 7) is 8.68. The minimum Gasteiger partial charge on any atom is -0.456 e. The zero-order valence-electron chi connectivity index (χ0n) is 29.8. The number of ether oxygens (including phenoxy) is 2. The maximum atomic E-state index is 14.2. The summed E-state index contributed by atoms with van der Waals surface area (Å²) in [6, 6.07) is 27.5. The Morgan fingerprint density at radius 1 is 0.481 bits per heavy atom. The molecule has 3 aromatic carbocycles. The zero-order valence-corrected chi connectivity index (χ0v) is 29.8. The molecule has 8 nitrogen and oxygen atoms in total. The number of carbonyl (C=O) groups is 4. The molecule has 262 valence electrons. The third-order valence-electron chi connectivity index (χ3n) is 11.4. The van der Waals surface area contributed by atoms with Crippen molar-refractivity contribution in [3.8, 4) is 0 Å². The van der Waals surface area contributed by atoms with Crippen LogP contribution in [0, 0.1) is 10.8 Å². The van der Waals surface area contributed by atoms with Crippen LogP contribution in [-0.2, 0) is 28.7 Å². The molecule has 0 spiro atoms. The van der Waals surface area contributed by atoms with Crippen molar-refractivity contribution in [2.24, 2.45) is 10.8 Å². The average molecular weight is 693 g/mol. The fourth-order valence-electron chi connectivity index (χ4n) is 9.35. The summed E-state index contributed by atoms with van der Waals surface area (Å²) in [5.41, 5.74) is 8.39. The normalized spacial score (nSPS) is 24.8. The highest BCUT2D eigenvalue weighted by Crippen LogP contribution is 2.55. The van der Waals surface area contributed by atoms with E-state index in [4.69, 9.17) is 9.47 Å². The van der Waals surface area contributed by atoms with E-state index in [1.807, 2.05) is 84.9 Å². The van der Waals surface area contributed by atoms with Crippen LogP contribution in [0.15, 0.2) is 130 Å². The predicted molar refractivity (Wildman–Crippen MR) is 196 cm³/mol. The van der Waals surface area contributed by atoms with Crippen LogP contribution in [0.25, 0.3) is 0 Å². The molecular formula is C44H40N2O6. The first-order chi connectivity index (χ1) is 24.9. The molecule has 0 saturated heterocycles. The van der Waals surface area contributed by atoms with Gasteiger partial charge in [0.15, 0.2) is 11.6 Å². The molecule has 0 N–H and O–H groups in total. The lowest BCUT2D eigenvalue weighted by molar-refractivity contribution is -0.137. The van der Waals surface area contributed by atoms with Gasteiger partial charge in [0, 0.05) is 58.6 Å². The van der Waals surface area contributed by atoms with Crippen molar-refractivity contribution in [2.45, 2.75) is 65.2 Å². The first kappa shape index (κ1) is 32.4. The van der Waals surface area contributed by atoms with E-state index in [1.165, 1.54) is 0 Å². The fourth-order valence-corrected chi connectivity index (χ4v) is 9.35. The summed E-state index contributed by atoms with van der Waals surface area (Å²) >= 11 is 0. The Balaban J connectivity index is 1.19. The van der Waals surface area contributed by atoms with Crippen LogP contribution < -0.4 is 9.80 Å². The molecule has 6 aliphatic rings. The monoisotopic (exact) mass is 692 g/mol. The molecule has 3 aromatic rings. The molecule has 2 atom stereocenters. The third kappa shape index (κ3) is 4.94. The largest absolute Gasteiger partial charge is 0.456 e. The Kier molecular flexibility index (Phi) is 7.17. The molecule has 4 heterocycles. The topological polar surface area (TPSA) is 93.2 Å². The SMILES string of the molecule is CC1(C)CC(=O)C2=C(C1)N(c1ccccc1)C1=C(C(=O)OC1)C2c1ccc(C2C3=C(CC(C)(C)CC3=O)N(c3ccccc3)C3=C2C(=O)OC3)cc1. The van der Waals surface area contributed by atoms with Crippen LogP contribution in [0.4, 0.5) is 11.4 Å². The predicted octanol–water partition coefficient (Wildman–Crippen LogP) is 7.80. The van der Waals surface area contributed by atoms with Gasteiger partial charge < -0.3 is 19.3 Å². The lowest BCUT2D eigenvalue weighted by Gasteiger charge is -2.44. The van der Waals surface area contributed by atoms with Gasteiger partial charge >= 0.3 is 11.9 Å². The van der Waals surface area contributed by atoms with E-state index in [2.05, 4.69) is 37.5 Å². The average Bonchev–Trinajstić information content (AvgIpc) is 3.68. The standard InChI is InChI=1S/C44H40N2O6/c1-43(2)19-29-37(33(47)21-43)35(39-31(23-51-41(39)49)45(29)27-11-7-5-8-12-27)25-15-17-26(18-16-25)36-38-30(20-44(3,4)22-34(38)48)46(28-13-9-6-10-14-28)32-24-52-42(50)40(32)36/h5-18,35-36H,19-24H2,1-4H3. The van der Waals surface area contributed by atoms with Gasteiger partial charge in [0.1, 0.15) is 13.2 Å². The first-order valence-corrected chi connectivity index (χ1v) is 18.1. The summed E-state index contributed by atoms with van der Waals surface area (Å²) in [7, 11) is 0. The molecule has 52 heavy (non-hydrogen) atoms. The highest BCUT2D eigenvalue weighted by molar-refractivity contribution is 6.08. The summed E-state index contributed by atoms with van der Waals surface area (Å²) in [6.07, 6.45) is 2.07. The summed E-state index contributed by atoms with van der Waals surface area (Å²) < 4.78 is 11.4. The summed E-state index contributed by atoms with van der Waals surface area (Å²) in [5.74, 6) is -2.00. The Labute approximate surface area is 303 Å². The Morgan fingerprint density at radius 3 is 1.21 bits per heavy atom. The maximum absolute atomic E-state index is 14.2. The lowest BCUT2D eigenvalue weighted by atomic mass is 9.67. The number of rotatable bonds is 4. The Morgan fingerprint density at radius 2 is 0.846 bits per heavy atom. The number of carbonyl (C=O) groups excluding carboxylic acids is 4. The van der Waals surface area contributed by atoms with Crippen LogP contribution in [0.2, 0.25) is 0 Å². The van der Waals surface area contributed by atoms with E-state index in [0.717, 1.165) is 45.3 Å². The highest BCUT2D eigenvalue weighted by Gasteiger charge is 2.51. The fraction of sp³-hybridized carbons (Fsp3) is 0.318. The van der Waals surface area contributed by atoms with Crippen molar-refractivity contribution in [3.63, 3.8) is 0 Å². The minimum absolute atomic E-state index is 0.0227. The molecule has 0 radical (unpaired) electrons. The molecule has 0 amide bonds. The van der Waals surface area contributed by atoms with Crippen molar-refractivity contribution in [1.29, 1.82) is 0 Å². The smallest absolute Gasteiger partial charge is 0.337 e. The second kappa shape index (κ2) is 11.5. The molecule has 9 rings (SSSR count). The van der Waals surface area contributed by atoms with E-state index in [1.54, 1.807) is 0 Å². The lowest BCUT2D eigenvalue weighted by Crippen LogP contribution is -2.40. The summed E-state index contributed by atoms with van der Waals surface area (Å²) in [4.78, 5) is 59.8. The molecule has 0 fully saturated rings. The number of anilines is 2. The number of hydrogen-bond donors (Lipinski definition) is 0. The van der Waals surface area contributed by atoms with Crippen LogP contribution in [-0.4, -0.2) is 36.7 Å². The van der Waals surface area contributed by atoms with Gasteiger partial charge in [0.25, 0.3) is 0 Å². The molecule has 0 aromatic heterocycles. The number of benzene rings is 3. The van der Waals surface area contributed by atoms with Crippen molar-refractivity contribution in [2.75, 3.05) is 23.0 Å². The molecule has 8 heteroatoms. The second-order valence-corrected chi connectivity index (χ2v) is 16.4. The van der Waals surface area contributed by atoms with Crippen molar-refractivity contribution < 1.29 is 28.7 Å². The Bertz CT molecular complexity index is 2060. The van der Waals surface area contributed by atoms with Crippen LogP contribution in [0.3, 0.4) is 0 Å². The highest BCUT2D eigenvalue weighted by atomic mass is 16.5. The number of ketones is 2. The van der Waals surface area contributed by atoms with Gasteiger partial charge in [-0.1, -0.05) is 88.4 Å². The van der Waals surface area contributed by atoms with Gasteiger partial charge in [-0.3, -0.25) is 9.59 Å². The number of para-hydroxylation sites is 2. The third-order valence-corrected chi connectivity index (χ3v) is 11.4.